The first-order chi connectivity index (χ1) is 9.42. The van der Waals surface area contributed by atoms with Crippen molar-refractivity contribution < 1.29 is 0 Å². The Labute approximate surface area is 115 Å². The Hall–Kier alpha value is -0.870. The van der Waals surface area contributed by atoms with Gasteiger partial charge in [0.15, 0.2) is 0 Å². The number of nitrogens with one attached hydrogen (secondary N) is 1. The van der Waals surface area contributed by atoms with Crippen LogP contribution in [0.25, 0.3) is 0 Å². The van der Waals surface area contributed by atoms with Crippen molar-refractivity contribution in [1.82, 2.24) is 19.8 Å². The van der Waals surface area contributed by atoms with E-state index in [1.807, 2.05) is 0 Å². The lowest BCUT2D eigenvalue weighted by Crippen LogP contribution is -2.30. The molecule has 1 aromatic heterocycles. The van der Waals surface area contributed by atoms with Crippen molar-refractivity contribution in [2.24, 2.45) is 0 Å². The molecular weight excluding hydrogens is 236 g/mol. The van der Waals surface area contributed by atoms with E-state index in [9.17, 15) is 0 Å². The maximum absolute atomic E-state index is 4.43. The van der Waals surface area contributed by atoms with Gasteiger partial charge in [-0.25, -0.2) is 4.98 Å². The average Bonchev–Trinajstić information content (AvgIpc) is 3.02. The van der Waals surface area contributed by atoms with E-state index in [1.54, 1.807) is 0 Å². The van der Waals surface area contributed by atoms with Crippen molar-refractivity contribution in [3.05, 3.63) is 18.2 Å². The summed E-state index contributed by atoms with van der Waals surface area (Å²) in [6, 6.07) is 2.10. The van der Waals surface area contributed by atoms with Gasteiger partial charge in [-0.2, -0.15) is 0 Å². The molecule has 19 heavy (non-hydrogen) atoms. The van der Waals surface area contributed by atoms with E-state index >= 15 is 0 Å². The van der Waals surface area contributed by atoms with Crippen LogP contribution in [0, 0.1) is 0 Å². The van der Waals surface area contributed by atoms with Gasteiger partial charge in [0.25, 0.3) is 0 Å². The lowest BCUT2D eigenvalue weighted by Gasteiger charge is -2.26. The molecule has 2 atom stereocenters. The summed E-state index contributed by atoms with van der Waals surface area (Å²) in [5.74, 6) is 0. The van der Waals surface area contributed by atoms with Crippen LogP contribution in [0.3, 0.4) is 0 Å². The molecule has 3 aliphatic rings. The van der Waals surface area contributed by atoms with Crippen LogP contribution >= 0.6 is 0 Å². The van der Waals surface area contributed by atoms with Gasteiger partial charge in [0.2, 0.25) is 0 Å². The molecule has 0 aromatic carbocycles. The molecule has 2 aliphatic heterocycles. The van der Waals surface area contributed by atoms with E-state index in [0.29, 0.717) is 12.1 Å². The zero-order chi connectivity index (χ0) is 12.7. The number of piperidine rings is 1. The van der Waals surface area contributed by atoms with E-state index in [2.05, 4.69) is 32.3 Å². The van der Waals surface area contributed by atoms with E-state index in [-0.39, 0.29) is 0 Å². The predicted molar refractivity (Wildman–Crippen MR) is 75.1 cm³/mol. The SMILES string of the molecule is c1ncn(C2CCN(C3CC3)C2)c1C1CCCCN1. The Morgan fingerprint density at radius 1 is 1.11 bits per heavy atom. The topological polar surface area (TPSA) is 33.1 Å². The van der Waals surface area contributed by atoms with Crippen molar-refractivity contribution >= 4 is 0 Å². The van der Waals surface area contributed by atoms with Crippen LogP contribution in [0.2, 0.25) is 0 Å². The Kier molecular flexibility index (Phi) is 3.08. The summed E-state index contributed by atoms with van der Waals surface area (Å²) in [4.78, 5) is 7.12. The smallest absolute Gasteiger partial charge is 0.0951 e. The fourth-order valence-corrected chi connectivity index (χ4v) is 3.76. The largest absolute Gasteiger partial charge is 0.329 e. The highest BCUT2D eigenvalue weighted by Gasteiger charge is 2.35. The van der Waals surface area contributed by atoms with Gasteiger partial charge in [-0.05, 0) is 38.6 Å². The summed E-state index contributed by atoms with van der Waals surface area (Å²) >= 11 is 0. The lowest BCUT2D eigenvalue weighted by atomic mass is 10.0. The van der Waals surface area contributed by atoms with Crippen molar-refractivity contribution in [3.63, 3.8) is 0 Å². The first-order valence-electron chi connectivity index (χ1n) is 7.91. The highest BCUT2D eigenvalue weighted by molar-refractivity contribution is 5.09. The molecule has 3 heterocycles. The number of imidazole rings is 1. The molecule has 4 nitrogen and oxygen atoms in total. The van der Waals surface area contributed by atoms with Crippen LogP contribution in [0.15, 0.2) is 12.5 Å². The number of likely N-dealkylation sites (tertiary alicyclic amines) is 1. The molecule has 0 amide bonds. The number of hydrogen-bond donors (Lipinski definition) is 1. The van der Waals surface area contributed by atoms with E-state index in [4.69, 9.17) is 0 Å². The molecule has 0 radical (unpaired) electrons. The van der Waals surface area contributed by atoms with E-state index in [0.717, 1.165) is 12.6 Å². The Morgan fingerprint density at radius 2 is 2.05 bits per heavy atom. The lowest BCUT2D eigenvalue weighted by molar-refractivity contribution is 0.309. The second-order valence-corrected chi connectivity index (χ2v) is 6.40. The molecule has 0 bridgehead atoms. The molecule has 1 N–H and O–H groups in total. The molecule has 3 fully saturated rings. The summed E-state index contributed by atoms with van der Waals surface area (Å²) in [6.45, 7) is 3.68. The van der Waals surface area contributed by atoms with Gasteiger partial charge in [-0.15, -0.1) is 0 Å². The zero-order valence-electron chi connectivity index (χ0n) is 11.6. The van der Waals surface area contributed by atoms with Crippen LogP contribution in [-0.4, -0.2) is 40.1 Å². The number of aromatic nitrogens is 2. The number of rotatable bonds is 3. The van der Waals surface area contributed by atoms with Gasteiger partial charge < -0.3 is 9.88 Å². The third-order valence-corrected chi connectivity index (χ3v) is 5.01. The summed E-state index contributed by atoms with van der Waals surface area (Å²) in [5.41, 5.74) is 1.42. The quantitative estimate of drug-likeness (QED) is 0.903. The van der Waals surface area contributed by atoms with Crippen molar-refractivity contribution in [3.8, 4) is 0 Å². The minimum atomic E-state index is 0.534. The van der Waals surface area contributed by atoms with Gasteiger partial charge in [-0.3, -0.25) is 4.90 Å². The monoisotopic (exact) mass is 260 g/mol. The number of nitrogens with zero attached hydrogens (tertiary/aromatic N) is 3. The molecule has 4 heteroatoms. The minimum absolute atomic E-state index is 0.534. The normalized spacial score (nSPS) is 32.8. The zero-order valence-corrected chi connectivity index (χ0v) is 11.6. The van der Waals surface area contributed by atoms with Crippen molar-refractivity contribution in [1.29, 1.82) is 0 Å². The Bertz CT molecular complexity index is 431. The van der Waals surface area contributed by atoms with Gasteiger partial charge in [0.1, 0.15) is 0 Å². The summed E-state index contributed by atoms with van der Waals surface area (Å²) in [6.07, 6.45) is 12.2. The predicted octanol–water partition coefficient (Wildman–Crippen LogP) is 2.11. The summed E-state index contributed by atoms with van der Waals surface area (Å²) in [7, 11) is 0. The minimum Gasteiger partial charge on any atom is -0.329 e. The van der Waals surface area contributed by atoms with Crippen LogP contribution in [0.4, 0.5) is 0 Å². The highest BCUT2D eigenvalue weighted by Crippen LogP contribution is 2.35. The molecule has 1 aromatic rings. The third-order valence-electron chi connectivity index (χ3n) is 5.01. The fourth-order valence-electron chi connectivity index (χ4n) is 3.76. The first-order valence-corrected chi connectivity index (χ1v) is 7.91. The highest BCUT2D eigenvalue weighted by atomic mass is 15.3. The molecule has 0 spiro atoms. The Balaban J connectivity index is 1.50. The second kappa shape index (κ2) is 4.91. The molecule has 2 unspecified atom stereocenters. The summed E-state index contributed by atoms with van der Waals surface area (Å²) < 4.78 is 2.46. The van der Waals surface area contributed by atoms with Crippen molar-refractivity contribution in [2.75, 3.05) is 19.6 Å². The van der Waals surface area contributed by atoms with Crippen LogP contribution in [-0.2, 0) is 0 Å². The average molecular weight is 260 g/mol. The van der Waals surface area contributed by atoms with E-state index < -0.39 is 0 Å². The van der Waals surface area contributed by atoms with Gasteiger partial charge in [-0.1, -0.05) is 6.42 Å². The van der Waals surface area contributed by atoms with Crippen molar-refractivity contribution in [2.45, 2.75) is 56.7 Å². The second-order valence-electron chi connectivity index (χ2n) is 6.40. The first kappa shape index (κ1) is 11.9. The molecule has 2 saturated heterocycles. The van der Waals surface area contributed by atoms with Gasteiger partial charge >= 0.3 is 0 Å². The van der Waals surface area contributed by atoms with Crippen LogP contribution in [0.1, 0.15) is 56.3 Å². The van der Waals surface area contributed by atoms with Gasteiger partial charge in [0, 0.05) is 37.4 Å². The van der Waals surface area contributed by atoms with Crippen LogP contribution in [0.5, 0.6) is 0 Å². The molecule has 104 valence electrons. The maximum atomic E-state index is 4.43. The molecule has 1 saturated carbocycles. The molecular formula is C15H24N4. The summed E-state index contributed by atoms with van der Waals surface area (Å²) in [5, 5.41) is 3.66. The fraction of sp³-hybridized carbons (Fsp3) is 0.800. The maximum Gasteiger partial charge on any atom is 0.0951 e. The molecule has 1 aliphatic carbocycles. The third kappa shape index (κ3) is 2.32. The van der Waals surface area contributed by atoms with E-state index in [1.165, 1.54) is 57.3 Å². The molecule has 4 rings (SSSR count). The standard InChI is InChI=1S/C15H24N4/c1-2-7-17-14(3-1)15-9-16-11-19(15)13-6-8-18(10-13)12-4-5-12/h9,11-14,17H,1-8,10H2. The van der Waals surface area contributed by atoms with Crippen LogP contribution < -0.4 is 5.32 Å². The Morgan fingerprint density at radius 3 is 2.84 bits per heavy atom. The van der Waals surface area contributed by atoms with Gasteiger partial charge in [0.05, 0.1) is 12.0 Å². The number of hydrogen-bond acceptors (Lipinski definition) is 3.